The number of nitrogens with zero attached hydrogens (tertiary/aromatic N) is 4. The van der Waals surface area contributed by atoms with E-state index in [1.807, 2.05) is 0 Å². The van der Waals surface area contributed by atoms with E-state index < -0.39 is 40.2 Å². The highest BCUT2D eigenvalue weighted by atomic mass is 16.3. The van der Waals surface area contributed by atoms with E-state index in [1.165, 1.54) is 52.5 Å². The summed E-state index contributed by atoms with van der Waals surface area (Å²) in [5, 5.41) is 24.5. The van der Waals surface area contributed by atoms with Crippen LogP contribution in [0.15, 0.2) is 43.4 Å². The van der Waals surface area contributed by atoms with Gasteiger partial charge in [-0.15, -0.1) is 0 Å². The topological polar surface area (TPSA) is 158 Å². The van der Waals surface area contributed by atoms with Crippen LogP contribution >= 0.6 is 0 Å². The first-order valence-electron chi connectivity index (χ1n) is 11.2. The maximum Gasteiger partial charge on any atom is 0.333 e. The first-order valence-corrected chi connectivity index (χ1v) is 11.2. The Hall–Kier alpha value is -4.19. The molecule has 3 N–H and O–H groups in total. The average molecular weight is 502 g/mol. The van der Waals surface area contributed by atoms with Gasteiger partial charge in [-0.1, -0.05) is 38.1 Å². The molecule has 3 aromatic rings. The van der Waals surface area contributed by atoms with Crippen molar-refractivity contribution in [3.8, 4) is 11.8 Å². The van der Waals surface area contributed by atoms with Crippen molar-refractivity contribution in [2.45, 2.75) is 19.8 Å². The van der Waals surface area contributed by atoms with Crippen molar-refractivity contribution in [3.05, 3.63) is 88.2 Å². The van der Waals surface area contributed by atoms with Gasteiger partial charge in [0.15, 0.2) is 0 Å². The lowest BCUT2D eigenvalue weighted by Crippen LogP contribution is -2.42. The lowest BCUT2D eigenvalue weighted by Gasteiger charge is -2.22. The molecule has 2 heterocycles. The Morgan fingerprint density at radius 3 is 1.44 bits per heavy atom. The Morgan fingerprint density at radius 1 is 0.750 bits per heavy atom. The lowest BCUT2D eigenvalue weighted by atomic mass is 9.86. The molecule has 0 radical (unpaired) electrons. The van der Waals surface area contributed by atoms with Crippen molar-refractivity contribution >= 4 is 6.29 Å². The molecule has 36 heavy (non-hydrogen) atoms. The number of carbonyl (C=O) groups is 1. The summed E-state index contributed by atoms with van der Waals surface area (Å²) >= 11 is 0. The lowest BCUT2D eigenvalue weighted by molar-refractivity contribution is 0.112. The van der Waals surface area contributed by atoms with Gasteiger partial charge in [0.2, 0.25) is 11.8 Å². The summed E-state index contributed by atoms with van der Waals surface area (Å²) in [6, 6.07) is 5.76. The number of benzene rings is 1. The smallest absolute Gasteiger partial charge is 0.333 e. The van der Waals surface area contributed by atoms with Gasteiger partial charge < -0.3 is 15.5 Å². The van der Waals surface area contributed by atoms with Gasteiger partial charge in [0.25, 0.3) is 11.1 Å². The van der Waals surface area contributed by atoms with Crippen LogP contribution in [0, 0.1) is 0 Å². The van der Waals surface area contributed by atoms with Crippen molar-refractivity contribution in [1.29, 1.82) is 0 Å². The Bertz CT molecular complexity index is 1410. The Labute approximate surface area is 206 Å². The van der Waals surface area contributed by atoms with Gasteiger partial charge in [-0.25, -0.2) is 9.59 Å². The zero-order valence-corrected chi connectivity index (χ0v) is 21.1. The minimum Gasteiger partial charge on any atom is -0.494 e. The van der Waals surface area contributed by atoms with Crippen molar-refractivity contribution < 1.29 is 15.0 Å². The molecule has 1 aromatic carbocycles. The number of aromatic nitrogens is 4. The first kappa shape index (κ1) is 28.1. The molecule has 0 aliphatic carbocycles. The Morgan fingerprint density at radius 2 is 1.14 bits per heavy atom. The number of hydrogen-bond donors (Lipinski definition) is 3. The maximum absolute atomic E-state index is 13.0. The Balaban J connectivity index is 0.000000830. The van der Waals surface area contributed by atoms with Gasteiger partial charge in [0.1, 0.15) is 6.29 Å². The molecule has 0 amide bonds. The third-order valence-electron chi connectivity index (χ3n) is 5.82. The number of hydrogen-bond acceptors (Lipinski definition) is 8. The van der Waals surface area contributed by atoms with Crippen LogP contribution in [0.1, 0.15) is 46.8 Å². The van der Waals surface area contributed by atoms with E-state index >= 15 is 0 Å². The monoisotopic (exact) mass is 501 g/mol. The van der Waals surface area contributed by atoms with E-state index in [1.54, 1.807) is 0 Å². The van der Waals surface area contributed by atoms with Crippen LogP contribution in [0.25, 0.3) is 0 Å². The molecular formula is C24H31N5O7. The molecule has 0 spiro atoms. The number of aromatic hydroxyl groups is 2. The fourth-order valence-electron chi connectivity index (χ4n) is 3.72. The molecule has 0 saturated heterocycles. The van der Waals surface area contributed by atoms with Crippen LogP contribution in [0.3, 0.4) is 0 Å². The summed E-state index contributed by atoms with van der Waals surface area (Å²) in [6.07, 6.45) is 0.601. The maximum atomic E-state index is 13.0. The van der Waals surface area contributed by atoms with Crippen molar-refractivity contribution in [2.24, 2.45) is 28.2 Å². The zero-order valence-electron chi connectivity index (χ0n) is 21.1. The van der Waals surface area contributed by atoms with Crippen LogP contribution in [0.5, 0.6) is 11.8 Å². The highest BCUT2D eigenvalue weighted by molar-refractivity contribution is 5.74. The fraction of sp³-hybridized carbons (Fsp3) is 0.375. The van der Waals surface area contributed by atoms with Crippen LogP contribution in [-0.2, 0) is 28.2 Å². The second-order valence-corrected chi connectivity index (χ2v) is 8.06. The quantitative estimate of drug-likeness (QED) is 0.382. The van der Waals surface area contributed by atoms with Crippen LogP contribution in [0.4, 0.5) is 0 Å². The molecular weight excluding hydrogens is 470 g/mol. The molecule has 0 saturated carbocycles. The standard InChI is InChI=1S/C20H20N4O7.C4H11N/c1-21-15(26)13(16(27)22(2)19(21)30)12(11-7-5-10(9-25)6-8-11)14-17(28)23(3)20(31)24(4)18(14)29;1-3-5-4-2/h5-9,12,26,28H,1-4H3;5H,3-4H2,1-2H3. The normalized spacial score (nSPS) is 10.8. The molecule has 0 aliphatic heterocycles. The van der Waals surface area contributed by atoms with E-state index in [9.17, 15) is 34.2 Å². The molecule has 0 unspecified atom stereocenters. The third-order valence-corrected chi connectivity index (χ3v) is 5.82. The van der Waals surface area contributed by atoms with E-state index in [2.05, 4.69) is 19.2 Å². The molecule has 194 valence electrons. The second kappa shape index (κ2) is 11.5. The minimum atomic E-state index is -1.35. The molecule has 0 fully saturated rings. The van der Waals surface area contributed by atoms with Gasteiger partial charge in [-0.05, 0) is 18.7 Å². The Kier molecular flexibility index (Phi) is 8.95. The van der Waals surface area contributed by atoms with E-state index in [0.29, 0.717) is 11.8 Å². The predicted molar refractivity (Wildman–Crippen MR) is 134 cm³/mol. The average Bonchev–Trinajstić information content (AvgIpc) is 2.88. The van der Waals surface area contributed by atoms with Gasteiger partial charge >= 0.3 is 11.4 Å². The van der Waals surface area contributed by atoms with Gasteiger partial charge in [-0.3, -0.25) is 32.7 Å². The third kappa shape index (κ3) is 5.08. The summed E-state index contributed by atoms with van der Waals surface area (Å²) in [6.45, 7) is 6.39. The summed E-state index contributed by atoms with van der Waals surface area (Å²) in [4.78, 5) is 61.4. The number of aldehydes is 1. The molecule has 3 rings (SSSR count). The predicted octanol–water partition coefficient (Wildman–Crippen LogP) is -0.499. The highest BCUT2D eigenvalue weighted by Crippen LogP contribution is 2.35. The van der Waals surface area contributed by atoms with Gasteiger partial charge in [0, 0.05) is 33.8 Å². The SMILES string of the molecule is CCNCC.Cn1c(O)c(C(c2ccc(C=O)cc2)c2c(O)n(C)c(=O)n(C)c2=O)c(=O)n(C)c1=O. The molecule has 0 bridgehead atoms. The fourth-order valence-corrected chi connectivity index (χ4v) is 3.72. The van der Waals surface area contributed by atoms with Crippen LogP contribution in [0.2, 0.25) is 0 Å². The number of rotatable bonds is 6. The number of nitrogens with one attached hydrogen (secondary N) is 1. The summed E-state index contributed by atoms with van der Waals surface area (Å²) in [5.41, 5.74) is -3.48. The second-order valence-electron chi connectivity index (χ2n) is 8.06. The first-order chi connectivity index (χ1) is 16.9. The summed E-state index contributed by atoms with van der Waals surface area (Å²) in [5.74, 6) is -2.75. The molecule has 2 aromatic heterocycles. The minimum absolute atomic E-state index is 0.266. The molecule has 12 nitrogen and oxygen atoms in total. The van der Waals surface area contributed by atoms with Gasteiger partial charge in [-0.2, -0.15) is 0 Å². The molecule has 0 atom stereocenters. The van der Waals surface area contributed by atoms with E-state index in [-0.39, 0.29) is 16.7 Å². The molecule has 0 aliphatic rings. The van der Waals surface area contributed by atoms with Crippen LogP contribution in [-0.4, -0.2) is 47.9 Å². The van der Waals surface area contributed by atoms with Gasteiger partial charge in [0.05, 0.1) is 17.0 Å². The summed E-state index contributed by atoms with van der Waals surface area (Å²) in [7, 11) is 4.90. The van der Waals surface area contributed by atoms with Crippen molar-refractivity contribution in [3.63, 3.8) is 0 Å². The van der Waals surface area contributed by atoms with E-state index in [0.717, 1.165) is 31.4 Å². The van der Waals surface area contributed by atoms with Crippen molar-refractivity contribution in [1.82, 2.24) is 23.6 Å². The zero-order chi connectivity index (χ0) is 27.3. The highest BCUT2D eigenvalue weighted by Gasteiger charge is 2.33. The van der Waals surface area contributed by atoms with Crippen molar-refractivity contribution in [2.75, 3.05) is 13.1 Å². The van der Waals surface area contributed by atoms with Crippen LogP contribution < -0.4 is 27.8 Å². The molecule has 12 heteroatoms. The largest absolute Gasteiger partial charge is 0.494 e. The number of carbonyl (C=O) groups excluding carboxylic acids is 1. The summed E-state index contributed by atoms with van der Waals surface area (Å²) < 4.78 is 3.16. The van der Waals surface area contributed by atoms with E-state index in [4.69, 9.17) is 0 Å².